The third-order valence-electron chi connectivity index (χ3n) is 1.01. The van der Waals surface area contributed by atoms with Crippen molar-refractivity contribution in [3.05, 3.63) is 36.1 Å². The predicted molar refractivity (Wildman–Crippen MR) is 44.7 cm³/mol. The van der Waals surface area contributed by atoms with Crippen LogP contribution < -0.4 is 0 Å². The van der Waals surface area contributed by atoms with Crippen LogP contribution in [0.2, 0.25) is 0 Å². The van der Waals surface area contributed by atoms with Crippen LogP contribution in [0.4, 0.5) is 0 Å². The van der Waals surface area contributed by atoms with Crippen molar-refractivity contribution in [1.29, 1.82) is 5.26 Å². The fraction of sp³-hybridized carbons (Fsp3) is 0.222. The molecule has 2 heteroatoms. The van der Waals surface area contributed by atoms with E-state index in [1.54, 1.807) is 19.3 Å². The van der Waals surface area contributed by atoms with E-state index < -0.39 is 0 Å². The maximum atomic E-state index is 8.20. The minimum absolute atomic E-state index is 0.671. The Morgan fingerprint density at radius 3 is 2.73 bits per heavy atom. The average Bonchev–Trinajstić information content (AvgIpc) is 2.05. The lowest BCUT2D eigenvalue weighted by Gasteiger charge is -1.95. The maximum Gasteiger partial charge on any atom is 0.119 e. The third kappa shape index (κ3) is 4.98. The fourth-order valence-electron chi connectivity index (χ4n) is 0.502. The standard InChI is InChI=1S/C9H11NO/c1-3-4-6-9(11-2)7-5-8-10/h3-7H,1-2H3/b4-3+,7-5-,9-6-. The first-order valence-corrected chi connectivity index (χ1v) is 3.28. The van der Waals surface area contributed by atoms with Crippen LogP contribution in [0, 0.1) is 11.3 Å². The van der Waals surface area contributed by atoms with Crippen LogP contribution in [0.15, 0.2) is 36.1 Å². The molecule has 58 valence electrons. The molecule has 0 radical (unpaired) electrons. The lowest BCUT2D eigenvalue weighted by Crippen LogP contribution is -1.79. The molecule has 0 aromatic heterocycles. The van der Waals surface area contributed by atoms with E-state index in [1.165, 1.54) is 6.08 Å². The first-order chi connectivity index (χ1) is 5.35. The van der Waals surface area contributed by atoms with Crippen molar-refractivity contribution in [1.82, 2.24) is 0 Å². The van der Waals surface area contributed by atoms with Crippen LogP contribution in [-0.4, -0.2) is 7.11 Å². The number of ether oxygens (including phenoxy) is 1. The molecule has 0 fully saturated rings. The number of hydrogen-bond acceptors (Lipinski definition) is 2. The van der Waals surface area contributed by atoms with Crippen LogP contribution >= 0.6 is 0 Å². The van der Waals surface area contributed by atoms with Crippen molar-refractivity contribution in [3.63, 3.8) is 0 Å². The molecule has 0 atom stereocenters. The van der Waals surface area contributed by atoms with Gasteiger partial charge in [-0.25, -0.2) is 0 Å². The highest BCUT2D eigenvalue weighted by molar-refractivity contribution is 5.21. The number of methoxy groups -OCH3 is 1. The molecular formula is C9H11NO. The number of allylic oxidation sites excluding steroid dienone is 5. The molecule has 0 aliphatic carbocycles. The van der Waals surface area contributed by atoms with Crippen molar-refractivity contribution in [2.45, 2.75) is 6.92 Å². The summed E-state index contributed by atoms with van der Waals surface area (Å²) in [5.74, 6) is 0.671. The Kier molecular flexibility index (Phi) is 5.73. The number of nitrogens with zero attached hydrogens (tertiary/aromatic N) is 1. The van der Waals surface area contributed by atoms with E-state index in [9.17, 15) is 0 Å². The van der Waals surface area contributed by atoms with E-state index in [2.05, 4.69) is 0 Å². The second-order valence-corrected chi connectivity index (χ2v) is 1.76. The molecule has 0 aromatic rings. The Hall–Kier alpha value is -1.49. The predicted octanol–water partition coefficient (Wildman–Crippen LogP) is 2.17. The Labute approximate surface area is 67.1 Å². The second-order valence-electron chi connectivity index (χ2n) is 1.76. The van der Waals surface area contributed by atoms with Gasteiger partial charge in [-0.05, 0) is 19.1 Å². The summed E-state index contributed by atoms with van der Waals surface area (Å²) in [6.45, 7) is 1.91. The molecule has 0 bridgehead atoms. The Balaban J connectivity index is 4.18. The van der Waals surface area contributed by atoms with E-state index in [-0.39, 0.29) is 0 Å². The lowest BCUT2D eigenvalue weighted by molar-refractivity contribution is 0.307. The van der Waals surface area contributed by atoms with Crippen molar-refractivity contribution >= 4 is 0 Å². The molecule has 0 unspecified atom stereocenters. The van der Waals surface area contributed by atoms with Crippen LogP contribution in [0.25, 0.3) is 0 Å². The van der Waals surface area contributed by atoms with Gasteiger partial charge in [-0.15, -0.1) is 0 Å². The Morgan fingerprint density at radius 1 is 1.55 bits per heavy atom. The summed E-state index contributed by atoms with van der Waals surface area (Å²) in [5.41, 5.74) is 0. The van der Waals surface area contributed by atoms with E-state index in [4.69, 9.17) is 10.00 Å². The van der Waals surface area contributed by atoms with Gasteiger partial charge in [-0.1, -0.05) is 12.2 Å². The number of nitriles is 1. The van der Waals surface area contributed by atoms with Crippen molar-refractivity contribution < 1.29 is 4.74 Å². The first kappa shape index (κ1) is 9.51. The van der Waals surface area contributed by atoms with E-state index in [1.807, 2.05) is 25.1 Å². The minimum atomic E-state index is 0.671. The van der Waals surface area contributed by atoms with Gasteiger partial charge in [0.15, 0.2) is 0 Å². The lowest BCUT2D eigenvalue weighted by atomic mass is 10.4. The monoisotopic (exact) mass is 149 g/mol. The van der Waals surface area contributed by atoms with Crippen LogP contribution in [0.1, 0.15) is 6.92 Å². The molecule has 0 saturated heterocycles. The summed E-state index contributed by atoms with van der Waals surface area (Å²) >= 11 is 0. The number of rotatable bonds is 3. The molecule has 11 heavy (non-hydrogen) atoms. The van der Waals surface area contributed by atoms with Gasteiger partial charge in [0, 0.05) is 6.08 Å². The molecule has 0 aliphatic heterocycles. The van der Waals surface area contributed by atoms with Gasteiger partial charge in [-0.3, -0.25) is 0 Å². The highest BCUT2D eigenvalue weighted by Gasteiger charge is 1.83. The normalized spacial score (nSPS) is 12.3. The Morgan fingerprint density at radius 2 is 2.27 bits per heavy atom. The van der Waals surface area contributed by atoms with Crippen molar-refractivity contribution in [2.24, 2.45) is 0 Å². The van der Waals surface area contributed by atoms with Gasteiger partial charge in [-0.2, -0.15) is 5.26 Å². The third-order valence-corrected chi connectivity index (χ3v) is 1.01. The average molecular weight is 149 g/mol. The summed E-state index contributed by atoms with van der Waals surface area (Å²) in [4.78, 5) is 0. The fourth-order valence-corrected chi connectivity index (χ4v) is 0.502. The molecule has 0 saturated carbocycles. The van der Waals surface area contributed by atoms with Crippen molar-refractivity contribution in [2.75, 3.05) is 7.11 Å². The highest BCUT2D eigenvalue weighted by Crippen LogP contribution is 1.97. The van der Waals surface area contributed by atoms with Crippen LogP contribution in [-0.2, 0) is 4.74 Å². The van der Waals surface area contributed by atoms with Crippen LogP contribution in [0.5, 0.6) is 0 Å². The summed E-state index contributed by atoms with van der Waals surface area (Å²) in [7, 11) is 1.57. The van der Waals surface area contributed by atoms with E-state index >= 15 is 0 Å². The van der Waals surface area contributed by atoms with Gasteiger partial charge in [0.25, 0.3) is 0 Å². The smallest absolute Gasteiger partial charge is 0.119 e. The minimum Gasteiger partial charge on any atom is -0.497 e. The molecular weight excluding hydrogens is 138 g/mol. The van der Waals surface area contributed by atoms with Crippen LogP contribution in [0.3, 0.4) is 0 Å². The summed E-state index contributed by atoms with van der Waals surface area (Å²) in [6.07, 6.45) is 8.51. The van der Waals surface area contributed by atoms with Crippen molar-refractivity contribution in [3.8, 4) is 6.07 Å². The summed E-state index contributed by atoms with van der Waals surface area (Å²) in [5, 5.41) is 8.20. The Bertz CT molecular complexity index is 218. The van der Waals surface area contributed by atoms with Gasteiger partial charge in [0.05, 0.1) is 13.2 Å². The topological polar surface area (TPSA) is 33.0 Å². The summed E-state index contributed by atoms with van der Waals surface area (Å²) in [6, 6.07) is 1.88. The van der Waals surface area contributed by atoms with E-state index in [0.717, 1.165) is 0 Å². The number of hydrogen-bond donors (Lipinski definition) is 0. The van der Waals surface area contributed by atoms with Gasteiger partial charge in [0.2, 0.25) is 0 Å². The SMILES string of the molecule is C/C=C/C=C(/C=C\C#N)OC. The quantitative estimate of drug-likeness (QED) is 0.350. The van der Waals surface area contributed by atoms with Gasteiger partial charge < -0.3 is 4.74 Å². The molecule has 0 aromatic carbocycles. The second kappa shape index (κ2) is 6.63. The van der Waals surface area contributed by atoms with Gasteiger partial charge in [0.1, 0.15) is 5.76 Å². The highest BCUT2D eigenvalue weighted by atomic mass is 16.5. The van der Waals surface area contributed by atoms with Gasteiger partial charge >= 0.3 is 0 Å². The molecule has 0 N–H and O–H groups in total. The zero-order valence-electron chi connectivity index (χ0n) is 6.74. The summed E-state index contributed by atoms with van der Waals surface area (Å²) < 4.78 is 4.93. The zero-order valence-corrected chi connectivity index (χ0v) is 6.74. The molecule has 0 aliphatic rings. The molecule has 0 spiro atoms. The zero-order chi connectivity index (χ0) is 8.53. The molecule has 0 heterocycles. The van der Waals surface area contributed by atoms with E-state index in [0.29, 0.717) is 5.76 Å². The molecule has 2 nitrogen and oxygen atoms in total. The molecule has 0 amide bonds. The first-order valence-electron chi connectivity index (χ1n) is 3.28. The molecule has 0 rings (SSSR count). The maximum absolute atomic E-state index is 8.20. The largest absolute Gasteiger partial charge is 0.497 e.